The number of phenols is 1. The zero-order valence-corrected chi connectivity index (χ0v) is 20.8. The second-order valence-electron chi connectivity index (χ2n) is 8.49. The van der Waals surface area contributed by atoms with Crippen LogP contribution in [0.2, 0.25) is 0 Å². The van der Waals surface area contributed by atoms with Crippen LogP contribution in [0.3, 0.4) is 0 Å². The molecule has 0 fully saturated rings. The Labute approximate surface area is 208 Å². The van der Waals surface area contributed by atoms with E-state index in [2.05, 4.69) is 4.90 Å². The number of nitrogens with zero attached hydrogens (tertiary/aromatic N) is 1. The van der Waals surface area contributed by atoms with Crippen molar-refractivity contribution in [2.75, 3.05) is 19.7 Å². The molecule has 9 heteroatoms. The van der Waals surface area contributed by atoms with Gasteiger partial charge in [-0.15, -0.1) is 0 Å². The van der Waals surface area contributed by atoms with Gasteiger partial charge in [0, 0.05) is 6.54 Å². The third kappa shape index (κ3) is 6.32. The highest BCUT2D eigenvalue weighted by molar-refractivity contribution is 5.83. The van der Waals surface area contributed by atoms with Crippen molar-refractivity contribution in [1.29, 1.82) is 0 Å². The Morgan fingerprint density at radius 2 is 1.61 bits per heavy atom. The standard InChI is InChI=1S/C27H32F3NO5/c1-4-7-15-31(16-8-5-2)17-19-20(32)14-13-18-23(33)25(26(27(28,29)30)36-24(18)19)35-22-12-10-9-11-21(22)34-6-3/h9-14,32H,4-8,15-17H2,1-3H3. The number of alkyl halides is 3. The first-order chi connectivity index (χ1) is 17.2. The van der Waals surface area contributed by atoms with Crippen molar-refractivity contribution < 1.29 is 32.2 Å². The van der Waals surface area contributed by atoms with Crippen LogP contribution in [0.5, 0.6) is 23.0 Å². The summed E-state index contributed by atoms with van der Waals surface area (Å²) in [7, 11) is 0. The van der Waals surface area contributed by atoms with E-state index in [4.69, 9.17) is 13.9 Å². The molecular weight excluding hydrogens is 475 g/mol. The number of unbranched alkanes of at least 4 members (excludes halogenated alkanes) is 2. The molecule has 0 radical (unpaired) electrons. The first kappa shape index (κ1) is 27.4. The topological polar surface area (TPSA) is 72.1 Å². The molecule has 36 heavy (non-hydrogen) atoms. The van der Waals surface area contributed by atoms with E-state index in [0.29, 0.717) is 13.1 Å². The number of halogens is 3. The summed E-state index contributed by atoms with van der Waals surface area (Å²) in [4.78, 5) is 15.4. The Hall–Kier alpha value is -3.20. The smallest absolute Gasteiger partial charge is 0.453 e. The molecule has 2 aromatic carbocycles. The fourth-order valence-electron chi connectivity index (χ4n) is 3.89. The first-order valence-electron chi connectivity index (χ1n) is 12.2. The van der Waals surface area contributed by atoms with Crippen LogP contribution in [0.1, 0.15) is 57.8 Å². The van der Waals surface area contributed by atoms with Gasteiger partial charge in [-0.25, -0.2) is 0 Å². The highest BCUT2D eigenvalue weighted by Gasteiger charge is 2.41. The number of para-hydroxylation sites is 2. The highest BCUT2D eigenvalue weighted by Crippen LogP contribution is 2.41. The van der Waals surface area contributed by atoms with Crippen LogP contribution < -0.4 is 14.9 Å². The van der Waals surface area contributed by atoms with Crippen molar-refractivity contribution in [2.45, 2.75) is 59.2 Å². The normalized spacial score (nSPS) is 11.9. The van der Waals surface area contributed by atoms with Gasteiger partial charge in [-0.1, -0.05) is 38.8 Å². The van der Waals surface area contributed by atoms with Crippen LogP contribution in [0.25, 0.3) is 11.0 Å². The molecule has 0 saturated heterocycles. The predicted molar refractivity (Wildman–Crippen MR) is 132 cm³/mol. The van der Waals surface area contributed by atoms with Gasteiger partial charge in [-0.3, -0.25) is 9.69 Å². The summed E-state index contributed by atoms with van der Waals surface area (Å²) in [6.45, 7) is 7.64. The maximum atomic E-state index is 14.1. The largest absolute Gasteiger partial charge is 0.507 e. The fourth-order valence-corrected chi connectivity index (χ4v) is 3.89. The summed E-state index contributed by atoms with van der Waals surface area (Å²) in [5, 5.41) is 10.5. The van der Waals surface area contributed by atoms with Gasteiger partial charge in [-0.2, -0.15) is 13.2 Å². The van der Waals surface area contributed by atoms with Crippen LogP contribution in [0.4, 0.5) is 13.2 Å². The van der Waals surface area contributed by atoms with Crippen LogP contribution in [-0.4, -0.2) is 29.7 Å². The number of phenolic OH excluding ortho intramolecular Hbond substituents is 1. The second kappa shape index (κ2) is 12.2. The number of hydrogen-bond donors (Lipinski definition) is 1. The molecule has 196 valence electrons. The number of ether oxygens (including phenoxy) is 2. The summed E-state index contributed by atoms with van der Waals surface area (Å²) in [6, 6.07) is 8.71. The number of aromatic hydroxyl groups is 1. The van der Waals surface area contributed by atoms with Crippen LogP contribution >= 0.6 is 0 Å². The maximum absolute atomic E-state index is 14.1. The third-order valence-electron chi connectivity index (χ3n) is 5.75. The van der Waals surface area contributed by atoms with Gasteiger partial charge in [-0.05, 0) is 57.1 Å². The molecule has 6 nitrogen and oxygen atoms in total. The lowest BCUT2D eigenvalue weighted by molar-refractivity contribution is -0.154. The summed E-state index contributed by atoms with van der Waals surface area (Å²) >= 11 is 0. The molecule has 0 aliphatic heterocycles. The summed E-state index contributed by atoms with van der Waals surface area (Å²) < 4.78 is 58.6. The number of benzene rings is 2. The van der Waals surface area contributed by atoms with Crippen molar-refractivity contribution >= 4 is 11.0 Å². The lowest BCUT2D eigenvalue weighted by atomic mass is 10.1. The molecule has 1 N–H and O–H groups in total. The van der Waals surface area contributed by atoms with Crippen molar-refractivity contribution in [3.05, 3.63) is 57.9 Å². The van der Waals surface area contributed by atoms with Gasteiger partial charge < -0.3 is 19.0 Å². The van der Waals surface area contributed by atoms with Crippen LogP contribution in [0, 0.1) is 0 Å². The molecule has 0 bridgehead atoms. The van der Waals surface area contributed by atoms with E-state index >= 15 is 0 Å². The van der Waals surface area contributed by atoms with Crippen molar-refractivity contribution in [1.82, 2.24) is 4.90 Å². The van der Waals surface area contributed by atoms with Gasteiger partial charge in [0.05, 0.1) is 17.6 Å². The van der Waals surface area contributed by atoms with E-state index in [1.54, 1.807) is 19.1 Å². The minimum absolute atomic E-state index is 0.0409. The third-order valence-corrected chi connectivity index (χ3v) is 5.75. The number of hydrogen-bond acceptors (Lipinski definition) is 6. The molecule has 3 aromatic rings. The monoisotopic (exact) mass is 507 g/mol. The minimum atomic E-state index is -5.02. The molecule has 0 unspecified atom stereocenters. The Bertz CT molecular complexity index is 1210. The second-order valence-corrected chi connectivity index (χ2v) is 8.49. The SMILES string of the molecule is CCCCN(CCCC)Cc1c(O)ccc2c(=O)c(Oc3ccccc3OCC)c(C(F)(F)F)oc12. The molecule has 0 amide bonds. The average molecular weight is 508 g/mol. The molecule has 0 saturated carbocycles. The van der Waals surface area contributed by atoms with Gasteiger partial charge in [0.25, 0.3) is 5.76 Å². The quantitative estimate of drug-likeness (QED) is 0.282. The van der Waals surface area contributed by atoms with Crippen molar-refractivity contribution in [3.63, 3.8) is 0 Å². The molecular formula is C27H32F3NO5. The highest BCUT2D eigenvalue weighted by atomic mass is 19.4. The van der Waals surface area contributed by atoms with Crippen molar-refractivity contribution in [3.8, 4) is 23.0 Å². The van der Waals surface area contributed by atoms with E-state index in [9.17, 15) is 23.1 Å². The van der Waals surface area contributed by atoms with Crippen molar-refractivity contribution in [2.24, 2.45) is 0 Å². The molecule has 1 aromatic heterocycles. The predicted octanol–water partition coefficient (Wildman–Crippen LogP) is 7.11. The summed E-state index contributed by atoms with van der Waals surface area (Å²) in [5.41, 5.74) is -1.14. The van der Waals surface area contributed by atoms with E-state index in [0.717, 1.165) is 25.7 Å². The van der Waals surface area contributed by atoms with E-state index in [1.807, 2.05) is 13.8 Å². The number of rotatable bonds is 12. The molecule has 0 aliphatic rings. The molecule has 0 atom stereocenters. The molecule has 0 spiro atoms. The van der Waals surface area contributed by atoms with Gasteiger partial charge >= 0.3 is 6.18 Å². The zero-order chi connectivity index (χ0) is 26.3. The van der Waals surface area contributed by atoms with E-state index < -0.39 is 23.1 Å². The fraction of sp³-hybridized carbons (Fsp3) is 0.444. The lowest BCUT2D eigenvalue weighted by Crippen LogP contribution is -2.26. The summed E-state index contributed by atoms with van der Waals surface area (Å²) in [5.74, 6) is -2.62. The Balaban J connectivity index is 2.17. The number of fused-ring (bicyclic) bond motifs is 1. The van der Waals surface area contributed by atoms with E-state index in [1.165, 1.54) is 24.3 Å². The molecule has 1 heterocycles. The van der Waals surface area contributed by atoms with Gasteiger partial charge in [0.1, 0.15) is 11.3 Å². The average Bonchev–Trinajstić information content (AvgIpc) is 2.84. The summed E-state index contributed by atoms with van der Waals surface area (Å²) in [6.07, 6.45) is -1.34. The maximum Gasteiger partial charge on any atom is 0.453 e. The van der Waals surface area contributed by atoms with E-state index in [-0.39, 0.29) is 46.9 Å². The van der Waals surface area contributed by atoms with Gasteiger partial charge in [0.2, 0.25) is 11.2 Å². The lowest BCUT2D eigenvalue weighted by Gasteiger charge is -2.23. The van der Waals surface area contributed by atoms with Crippen LogP contribution in [0.15, 0.2) is 45.6 Å². The van der Waals surface area contributed by atoms with Crippen LogP contribution in [-0.2, 0) is 12.7 Å². The zero-order valence-electron chi connectivity index (χ0n) is 20.8. The molecule has 3 rings (SSSR count). The Morgan fingerprint density at radius 1 is 0.972 bits per heavy atom. The Kier molecular flexibility index (Phi) is 9.25. The van der Waals surface area contributed by atoms with Gasteiger partial charge in [0.15, 0.2) is 11.5 Å². The Morgan fingerprint density at radius 3 is 2.19 bits per heavy atom. The first-order valence-corrected chi connectivity index (χ1v) is 12.2. The molecule has 0 aliphatic carbocycles. The minimum Gasteiger partial charge on any atom is -0.507 e.